The molecular weight excluding hydrogens is 524 g/mol. The Balaban J connectivity index is 1.55. The monoisotopic (exact) mass is 546 g/mol. The third-order valence-corrected chi connectivity index (χ3v) is 7.55. The molecule has 0 aromatic carbocycles. The normalized spacial score (nSPS) is 19.7. The Labute approximate surface area is 218 Å². The van der Waals surface area contributed by atoms with Gasteiger partial charge in [-0.05, 0) is 13.8 Å². The van der Waals surface area contributed by atoms with Crippen molar-refractivity contribution in [2.45, 2.75) is 37.4 Å². The minimum Gasteiger partial charge on any atom is -0.543 e. The Morgan fingerprint density at radius 1 is 1.35 bits per heavy atom. The van der Waals surface area contributed by atoms with Gasteiger partial charge in [0, 0.05) is 28.8 Å². The van der Waals surface area contributed by atoms with E-state index in [9.17, 15) is 29.4 Å². The van der Waals surface area contributed by atoms with Crippen LogP contribution in [0.5, 0.6) is 0 Å². The number of nitrogens with zero attached hydrogens (tertiary/aromatic N) is 4. The molecule has 0 aliphatic carbocycles. The van der Waals surface area contributed by atoms with Gasteiger partial charge in [0.05, 0.1) is 11.7 Å². The Bertz CT molecular complexity index is 1320. The smallest absolute Gasteiger partial charge is 0.350 e. The van der Waals surface area contributed by atoms with Gasteiger partial charge in [0.25, 0.3) is 11.8 Å². The van der Waals surface area contributed by atoms with Crippen molar-refractivity contribution in [2.24, 2.45) is 5.16 Å². The topological polar surface area (TPSA) is 191 Å². The number of oxime groups is 1. The van der Waals surface area contributed by atoms with Crippen LogP contribution in [0, 0.1) is 0 Å². The van der Waals surface area contributed by atoms with Gasteiger partial charge < -0.3 is 30.9 Å². The Kier molecular flexibility index (Phi) is 7.18. The second-order valence-electron chi connectivity index (χ2n) is 8.57. The number of hydrogen-bond donors (Lipinski definition) is 3. The maximum Gasteiger partial charge on any atom is 0.350 e. The van der Waals surface area contributed by atoms with Gasteiger partial charge in [0.15, 0.2) is 29.8 Å². The first-order valence-electron chi connectivity index (χ1n) is 10.8. The lowest BCUT2D eigenvalue weighted by atomic mass is 10.0. The average molecular weight is 547 g/mol. The van der Waals surface area contributed by atoms with E-state index in [4.69, 9.17) is 10.6 Å². The molecule has 2 amide bonds. The van der Waals surface area contributed by atoms with Crippen molar-refractivity contribution < 1.29 is 38.8 Å². The molecule has 0 radical (unpaired) electrons. The number of rotatable bonds is 9. The number of carboxylic acid groups (broad SMARTS) is 2. The van der Waals surface area contributed by atoms with Crippen molar-refractivity contribution in [1.29, 1.82) is 0 Å². The molecule has 1 unspecified atom stereocenters. The van der Waals surface area contributed by atoms with E-state index in [0.29, 0.717) is 11.3 Å². The van der Waals surface area contributed by atoms with E-state index >= 15 is 0 Å². The number of amides is 2. The number of nitrogen functional groups attached to an aromatic ring is 1. The highest BCUT2D eigenvalue weighted by Crippen LogP contribution is 2.40. The van der Waals surface area contributed by atoms with Crippen LogP contribution in [0.1, 0.15) is 19.5 Å². The number of carboxylic acids is 2. The minimum atomic E-state index is -1.75. The largest absolute Gasteiger partial charge is 0.543 e. The number of aliphatic carboxylic acids is 2. The molecule has 1 fully saturated rings. The number of nitrogens with two attached hydrogens (primary N) is 1. The number of carbonyl (C=O) groups excluding carboxylic acids is 3. The lowest BCUT2D eigenvalue weighted by Crippen LogP contribution is -2.71. The van der Waals surface area contributed by atoms with Gasteiger partial charge in [0.2, 0.25) is 5.60 Å². The molecule has 0 bridgehead atoms. The van der Waals surface area contributed by atoms with Crippen molar-refractivity contribution in [1.82, 2.24) is 15.2 Å². The average Bonchev–Trinajstić information content (AvgIpc) is 3.28. The van der Waals surface area contributed by atoms with E-state index in [1.54, 1.807) is 29.1 Å². The minimum absolute atomic E-state index is 0.0265. The molecule has 4 rings (SSSR count). The summed E-state index contributed by atoms with van der Waals surface area (Å²) in [6, 6.07) is 4.36. The van der Waals surface area contributed by atoms with E-state index in [0.717, 1.165) is 16.2 Å². The van der Waals surface area contributed by atoms with E-state index in [1.807, 2.05) is 6.07 Å². The number of pyridine rings is 1. The van der Waals surface area contributed by atoms with Crippen LogP contribution < -0.4 is 20.7 Å². The summed E-state index contributed by atoms with van der Waals surface area (Å²) in [6.45, 7) is 2.74. The fourth-order valence-electron chi connectivity index (χ4n) is 3.56. The highest BCUT2D eigenvalue weighted by atomic mass is 32.2. The lowest BCUT2D eigenvalue weighted by Gasteiger charge is -2.50. The number of hydrogen-bond acceptors (Lipinski definition) is 11. The first kappa shape index (κ1) is 26.1. The third kappa shape index (κ3) is 5.27. The Hall–Kier alpha value is -3.98. The van der Waals surface area contributed by atoms with Crippen molar-refractivity contribution in [3.63, 3.8) is 0 Å². The molecule has 15 heteroatoms. The quantitative estimate of drug-likeness (QED) is 0.147. The van der Waals surface area contributed by atoms with Gasteiger partial charge in [-0.15, -0.1) is 23.1 Å². The van der Waals surface area contributed by atoms with Crippen molar-refractivity contribution >= 4 is 57.7 Å². The van der Waals surface area contributed by atoms with Crippen LogP contribution in [-0.4, -0.2) is 67.2 Å². The number of anilines is 1. The highest BCUT2D eigenvalue weighted by molar-refractivity contribution is 8.00. The predicted octanol–water partition coefficient (Wildman–Crippen LogP) is -1.30. The summed E-state index contributed by atoms with van der Waals surface area (Å²) in [5, 5.41) is 28.4. The molecule has 37 heavy (non-hydrogen) atoms. The van der Waals surface area contributed by atoms with Gasteiger partial charge in [-0.1, -0.05) is 11.2 Å². The number of thioether (sulfide) groups is 1. The molecule has 4 N–H and O–H groups in total. The zero-order valence-corrected chi connectivity index (χ0v) is 21.2. The van der Waals surface area contributed by atoms with Crippen LogP contribution >= 0.6 is 23.1 Å². The molecule has 2 aliphatic rings. The van der Waals surface area contributed by atoms with Crippen LogP contribution in [0.25, 0.3) is 0 Å². The summed E-state index contributed by atoms with van der Waals surface area (Å²) >= 11 is 2.32. The van der Waals surface area contributed by atoms with E-state index in [1.165, 1.54) is 31.0 Å². The van der Waals surface area contributed by atoms with Crippen LogP contribution in [0.4, 0.5) is 5.13 Å². The molecule has 0 spiro atoms. The highest BCUT2D eigenvalue weighted by Gasteiger charge is 2.53. The van der Waals surface area contributed by atoms with Crippen LogP contribution in [0.2, 0.25) is 0 Å². The number of carbonyl (C=O) groups is 4. The maximum atomic E-state index is 13.1. The molecule has 194 valence electrons. The van der Waals surface area contributed by atoms with E-state index in [2.05, 4.69) is 15.5 Å². The summed E-state index contributed by atoms with van der Waals surface area (Å²) in [5.41, 5.74) is 3.83. The summed E-state index contributed by atoms with van der Waals surface area (Å²) in [5.74, 6) is -4.01. The second-order valence-corrected chi connectivity index (χ2v) is 10.6. The number of β-lactam (4-membered cyclic amide) rings is 1. The standard InChI is InChI=1S/C22H22N6O7S2/c1-22(2,20(33)34)35-26-13(12-10-37-21(23)24-12)16(29)25-14-17(30)28-15(19(31)32)11(9-36-18(14)28)8-27-6-4-3-5-7-27/h3-7,10,14,18H,8-9H2,1-2H3,(H4-,23,24,25,29,31,32,33,34)/t14?,18-/m0/s1. The SMILES string of the molecule is CC(C)(ON=C(C(=O)NC1C(=O)N2C(C(=O)[O-])=C(C[n+]3ccccc3)CS[C@@H]12)c1csc(N)n1)C(=O)O. The molecule has 2 atom stereocenters. The number of aromatic nitrogens is 2. The molecule has 13 nitrogen and oxygen atoms in total. The first-order valence-corrected chi connectivity index (χ1v) is 12.8. The van der Waals surface area contributed by atoms with Crippen LogP contribution in [0.3, 0.4) is 0 Å². The summed E-state index contributed by atoms with van der Waals surface area (Å²) < 4.78 is 1.78. The van der Waals surface area contributed by atoms with Crippen LogP contribution in [-0.2, 0) is 30.6 Å². The maximum absolute atomic E-state index is 13.1. The fraction of sp³-hybridized carbons (Fsp3) is 0.318. The number of nitrogens with one attached hydrogen (secondary N) is 1. The van der Waals surface area contributed by atoms with Crippen molar-refractivity contribution in [3.05, 3.63) is 52.9 Å². The van der Waals surface area contributed by atoms with E-state index in [-0.39, 0.29) is 28.8 Å². The Morgan fingerprint density at radius 3 is 2.65 bits per heavy atom. The number of fused-ring (bicyclic) bond motifs is 1. The zero-order chi connectivity index (χ0) is 26.9. The van der Waals surface area contributed by atoms with Crippen LogP contribution in [0.15, 0.2) is 52.4 Å². The molecule has 4 heterocycles. The molecule has 2 aromatic heterocycles. The molecule has 1 saturated heterocycles. The Morgan fingerprint density at radius 2 is 2.05 bits per heavy atom. The van der Waals surface area contributed by atoms with Gasteiger partial charge in [-0.25, -0.2) is 14.3 Å². The van der Waals surface area contributed by atoms with Gasteiger partial charge >= 0.3 is 5.97 Å². The van der Waals surface area contributed by atoms with Gasteiger partial charge in [-0.3, -0.25) is 14.5 Å². The third-order valence-electron chi connectivity index (χ3n) is 5.54. The molecule has 2 aliphatic heterocycles. The summed E-state index contributed by atoms with van der Waals surface area (Å²) in [6.07, 6.45) is 3.55. The predicted molar refractivity (Wildman–Crippen MR) is 130 cm³/mol. The lowest BCUT2D eigenvalue weighted by molar-refractivity contribution is -0.689. The molecule has 2 aromatic rings. The van der Waals surface area contributed by atoms with E-state index < -0.39 is 40.8 Å². The summed E-state index contributed by atoms with van der Waals surface area (Å²) in [4.78, 5) is 59.6. The zero-order valence-electron chi connectivity index (χ0n) is 19.6. The molecule has 0 saturated carbocycles. The fourth-order valence-corrected chi connectivity index (χ4v) is 5.45. The van der Waals surface area contributed by atoms with Crippen molar-refractivity contribution in [3.8, 4) is 0 Å². The van der Waals surface area contributed by atoms with Gasteiger partial charge in [-0.2, -0.15) is 0 Å². The first-order chi connectivity index (χ1) is 17.5. The number of thiazole rings is 1. The molecular formula is C22H22N6O7S2. The second kappa shape index (κ2) is 10.2. The van der Waals surface area contributed by atoms with Crippen molar-refractivity contribution in [2.75, 3.05) is 11.5 Å². The summed E-state index contributed by atoms with van der Waals surface area (Å²) in [7, 11) is 0. The van der Waals surface area contributed by atoms with Gasteiger partial charge in [0.1, 0.15) is 17.1 Å².